The van der Waals surface area contributed by atoms with Crippen LogP contribution in [0.4, 0.5) is 0 Å². The maximum atomic E-state index is 9.15. The Morgan fingerprint density at radius 3 is 1.92 bits per heavy atom. The zero-order chi connectivity index (χ0) is 9.72. The first-order valence-electron chi connectivity index (χ1n) is 3.72. The normalized spacial score (nSPS) is 21.5. The molecule has 0 heterocycles. The number of rotatable bonds is 5. The number of methoxy groups -OCH3 is 1. The molecular formula is C7H16O5. The van der Waals surface area contributed by atoms with Crippen molar-refractivity contribution in [1.82, 2.24) is 0 Å². The molecule has 0 unspecified atom stereocenters. The summed E-state index contributed by atoms with van der Waals surface area (Å²) in [7, 11) is 1.37. The van der Waals surface area contributed by atoms with Crippen LogP contribution in [0.2, 0.25) is 0 Å². The number of ether oxygens (including phenoxy) is 1. The summed E-state index contributed by atoms with van der Waals surface area (Å²) in [5.74, 6) is 0. The van der Waals surface area contributed by atoms with Gasteiger partial charge in [0.15, 0.2) is 0 Å². The third kappa shape index (κ3) is 3.46. The quantitative estimate of drug-likeness (QED) is 0.396. The molecule has 0 aromatic heterocycles. The molecule has 5 nitrogen and oxygen atoms in total. The van der Waals surface area contributed by atoms with Crippen molar-refractivity contribution < 1.29 is 25.2 Å². The lowest BCUT2D eigenvalue weighted by Gasteiger charge is -2.23. The van der Waals surface area contributed by atoms with E-state index >= 15 is 0 Å². The highest BCUT2D eigenvalue weighted by Crippen LogP contribution is 2.04. The van der Waals surface area contributed by atoms with Crippen molar-refractivity contribution in [3.8, 4) is 0 Å². The van der Waals surface area contributed by atoms with Crippen molar-refractivity contribution in [2.75, 3.05) is 13.7 Å². The van der Waals surface area contributed by atoms with E-state index in [0.29, 0.717) is 0 Å². The molecule has 4 N–H and O–H groups in total. The van der Waals surface area contributed by atoms with Gasteiger partial charge in [-0.1, -0.05) is 0 Å². The van der Waals surface area contributed by atoms with E-state index in [1.807, 2.05) is 0 Å². The summed E-state index contributed by atoms with van der Waals surface area (Å²) in [5, 5.41) is 36.2. The molecule has 0 aliphatic rings. The summed E-state index contributed by atoms with van der Waals surface area (Å²) in [6.45, 7) is 1.25. The monoisotopic (exact) mass is 180 g/mol. The fraction of sp³-hybridized carbons (Fsp3) is 1.00. The van der Waals surface area contributed by atoms with Gasteiger partial charge in [-0.3, -0.25) is 0 Å². The highest BCUT2D eigenvalue weighted by atomic mass is 16.5. The first-order chi connectivity index (χ1) is 5.50. The summed E-state index contributed by atoms with van der Waals surface area (Å²) in [5.41, 5.74) is 0. The first kappa shape index (κ1) is 11.8. The lowest BCUT2D eigenvalue weighted by atomic mass is 10.0. The van der Waals surface area contributed by atoms with E-state index in [1.165, 1.54) is 14.0 Å². The molecule has 12 heavy (non-hydrogen) atoms. The van der Waals surface area contributed by atoms with Gasteiger partial charge in [0.05, 0.1) is 12.7 Å². The minimum absolute atomic E-state index is 0.0784. The molecule has 0 bridgehead atoms. The third-order valence-electron chi connectivity index (χ3n) is 1.58. The molecule has 74 valence electrons. The molecule has 0 radical (unpaired) electrons. The Kier molecular flexibility index (Phi) is 5.36. The first-order valence-corrected chi connectivity index (χ1v) is 3.72. The third-order valence-corrected chi connectivity index (χ3v) is 1.58. The van der Waals surface area contributed by atoms with E-state index in [0.717, 1.165) is 0 Å². The van der Waals surface area contributed by atoms with Gasteiger partial charge < -0.3 is 25.2 Å². The maximum absolute atomic E-state index is 9.15. The van der Waals surface area contributed by atoms with E-state index < -0.39 is 24.4 Å². The molecule has 0 aromatic carbocycles. The van der Waals surface area contributed by atoms with Gasteiger partial charge in [-0.15, -0.1) is 0 Å². The second kappa shape index (κ2) is 5.45. The number of aliphatic hydroxyl groups excluding tert-OH is 4. The summed E-state index contributed by atoms with van der Waals surface area (Å²) < 4.78 is 4.55. The second-order valence-corrected chi connectivity index (χ2v) is 2.74. The lowest BCUT2D eigenvalue weighted by molar-refractivity contribution is -0.114. The zero-order valence-electron chi connectivity index (χ0n) is 7.21. The van der Waals surface area contributed by atoms with Gasteiger partial charge >= 0.3 is 0 Å². The molecule has 0 fully saturated rings. The lowest BCUT2D eigenvalue weighted by Crippen LogP contribution is -2.45. The smallest absolute Gasteiger partial charge is 0.110 e. The van der Waals surface area contributed by atoms with Gasteiger partial charge in [-0.25, -0.2) is 0 Å². The van der Waals surface area contributed by atoms with Gasteiger partial charge in [-0.05, 0) is 6.92 Å². The number of hydrogen-bond donors (Lipinski definition) is 4. The minimum atomic E-state index is -1.38. The predicted octanol–water partition coefficient (Wildman–Crippen LogP) is -1.90. The van der Waals surface area contributed by atoms with Gasteiger partial charge in [0.25, 0.3) is 0 Å². The topological polar surface area (TPSA) is 90.2 Å². The molecule has 0 saturated heterocycles. The summed E-state index contributed by atoms with van der Waals surface area (Å²) in [6.07, 6.45) is -4.99. The van der Waals surface area contributed by atoms with Crippen LogP contribution in [-0.4, -0.2) is 58.6 Å². The van der Waals surface area contributed by atoms with Crippen LogP contribution in [0.5, 0.6) is 0 Å². The molecule has 0 aromatic rings. The fourth-order valence-electron chi connectivity index (χ4n) is 0.782. The second-order valence-electron chi connectivity index (χ2n) is 2.74. The van der Waals surface area contributed by atoms with E-state index in [1.54, 1.807) is 0 Å². The van der Waals surface area contributed by atoms with Crippen LogP contribution < -0.4 is 0 Å². The number of hydrogen-bond acceptors (Lipinski definition) is 5. The summed E-state index contributed by atoms with van der Waals surface area (Å²) in [6, 6.07) is 0. The maximum Gasteiger partial charge on any atom is 0.110 e. The molecule has 4 atom stereocenters. The van der Waals surface area contributed by atoms with Crippen LogP contribution in [0.15, 0.2) is 0 Å². The highest BCUT2D eigenvalue weighted by molar-refractivity contribution is 4.78. The van der Waals surface area contributed by atoms with Crippen LogP contribution in [0, 0.1) is 0 Å². The van der Waals surface area contributed by atoms with Crippen molar-refractivity contribution in [3.63, 3.8) is 0 Å². The van der Waals surface area contributed by atoms with Crippen LogP contribution in [0.1, 0.15) is 6.92 Å². The van der Waals surface area contributed by atoms with Gasteiger partial charge in [0.2, 0.25) is 0 Å². The molecule has 0 amide bonds. The van der Waals surface area contributed by atoms with Crippen LogP contribution in [-0.2, 0) is 4.74 Å². The molecule has 0 saturated carbocycles. The van der Waals surface area contributed by atoms with Crippen molar-refractivity contribution in [2.45, 2.75) is 31.3 Å². The molecular weight excluding hydrogens is 164 g/mol. The van der Waals surface area contributed by atoms with Crippen molar-refractivity contribution >= 4 is 0 Å². The fourth-order valence-corrected chi connectivity index (χ4v) is 0.782. The molecule has 0 rings (SSSR count). The van der Waals surface area contributed by atoms with Crippen LogP contribution >= 0.6 is 0 Å². The van der Waals surface area contributed by atoms with E-state index in [-0.39, 0.29) is 6.61 Å². The Morgan fingerprint density at radius 1 is 1.08 bits per heavy atom. The SMILES string of the molecule is COC[C@@H](O)[C@H](O)[C@H](O)[C@H](C)O. The summed E-state index contributed by atoms with van der Waals surface area (Å²) in [4.78, 5) is 0. The van der Waals surface area contributed by atoms with E-state index in [2.05, 4.69) is 4.74 Å². The Labute approximate surface area is 71.2 Å². The highest BCUT2D eigenvalue weighted by Gasteiger charge is 2.27. The Balaban J connectivity index is 3.90. The van der Waals surface area contributed by atoms with Crippen LogP contribution in [0.3, 0.4) is 0 Å². The average molecular weight is 180 g/mol. The van der Waals surface area contributed by atoms with Crippen molar-refractivity contribution in [1.29, 1.82) is 0 Å². The van der Waals surface area contributed by atoms with Crippen molar-refractivity contribution in [2.24, 2.45) is 0 Å². The Morgan fingerprint density at radius 2 is 1.58 bits per heavy atom. The van der Waals surface area contributed by atoms with E-state index in [9.17, 15) is 0 Å². The largest absolute Gasteiger partial charge is 0.391 e. The van der Waals surface area contributed by atoms with Gasteiger partial charge in [-0.2, -0.15) is 0 Å². The Hall–Kier alpha value is -0.200. The minimum Gasteiger partial charge on any atom is -0.391 e. The molecule has 0 spiro atoms. The van der Waals surface area contributed by atoms with Crippen LogP contribution in [0.25, 0.3) is 0 Å². The summed E-state index contributed by atoms with van der Waals surface area (Å²) >= 11 is 0. The zero-order valence-corrected chi connectivity index (χ0v) is 7.21. The van der Waals surface area contributed by atoms with Gasteiger partial charge in [0, 0.05) is 7.11 Å². The number of aliphatic hydroxyl groups is 4. The molecule has 0 aliphatic carbocycles. The van der Waals surface area contributed by atoms with Gasteiger partial charge in [0.1, 0.15) is 18.3 Å². The average Bonchev–Trinajstić information content (AvgIpc) is 2.02. The Bertz CT molecular complexity index is 116. The van der Waals surface area contributed by atoms with E-state index in [4.69, 9.17) is 20.4 Å². The molecule has 5 heteroatoms. The molecule has 0 aliphatic heterocycles. The standard InChI is InChI=1S/C7H16O5/c1-4(8)6(10)7(11)5(9)3-12-2/h4-11H,3H2,1-2H3/t4-,5+,6+,7-/m0/s1. The van der Waals surface area contributed by atoms with Crippen molar-refractivity contribution in [3.05, 3.63) is 0 Å². The predicted molar refractivity (Wildman–Crippen MR) is 41.6 cm³/mol.